The van der Waals surface area contributed by atoms with Crippen molar-refractivity contribution in [2.24, 2.45) is 12.8 Å². The second-order valence-corrected chi connectivity index (χ2v) is 8.09. The minimum Gasteiger partial charge on any atom is -0.402 e. The molecule has 34 heavy (non-hydrogen) atoms. The van der Waals surface area contributed by atoms with Crippen molar-refractivity contribution in [1.82, 2.24) is 29.5 Å². The number of anilines is 2. The highest BCUT2D eigenvalue weighted by atomic mass is 15.3. The molecule has 0 aliphatic rings. The number of hydrogen-bond acceptors (Lipinski definition) is 6. The summed E-state index contributed by atoms with van der Waals surface area (Å²) in [4.78, 5) is 9.32. The van der Waals surface area contributed by atoms with Crippen LogP contribution in [-0.4, -0.2) is 35.7 Å². The zero-order valence-corrected chi connectivity index (χ0v) is 19.3. The Bertz CT molecular complexity index is 1550. The van der Waals surface area contributed by atoms with Gasteiger partial charge >= 0.3 is 0 Å². The Labute approximate surface area is 196 Å². The molecular formula is C25H26N9+. The van der Waals surface area contributed by atoms with Gasteiger partial charge in [0.1, 0.15) is 0 Å². The fourth-order valence-electron chi connectivity index (χ4n) is 4.15. The first kappa shape index (κ1) is 21.3. The van der Waals surface area contributed by atoms with Crippen LogP contribution in [-0.2, 0) is 13.6 Å². The molecule has 0 saturated heterocycles. The van der Waals surface area contributed by atoms with Crippen molar-refractivity contribution >= 4 is 45.4 Å². The lowest BCUT2D eigenvalue weighted by Gasteiger charge is -2.08. The monoisotopic (exact) mass is 452 g/mol. The smallest absolute Gasteiger partial charge is 0.228 e. The van der Waals surface area contributed by atoms with Crippen molar-refractivity contribution in [2.45, 2.75) is 20.4 Å². The van der Waals surface area contributed by atoms with Crippen LogP contribution >= 0.6 is 0 Å². The van der Waals surface area contributed by atoms with E-state index in [4.69, 9.17) is 21.2 Å². The highest BCUT2D eigenvalue weighted by Crippen LogP contribution is 2.34. The minimum atomic E-state index is 0.484. The van der Waals surface area contributed by atoms with Crippen molar-refractivity contribution in [1.29, 1.82) is 0 Å². The summed E-state index contributed by atoms with van der Waals surface area (Å²) in [5.74, 6) is 1.18. The van der Waals surface area contributed by atoms with Crippen LogP contribution in [0.4, 0.5) is 11.8 Å². The Morgan fingerprint density at radius 1 is 1.12 bits per heavy atom. The third-order valence-corrected chi connectivity index (χ3v) is 5.81. The van der Waals surface area contributed by atoms with Crippen LogP contribution in [0.2, 0.25) is 0 Å². The van der Waals surface area contributed by atoms with Crippen molar-refractivity contribution in [3.05, 3.63) is 66.1 Å². The Kier molecular flexibility index (Phi) is 5.29. The molecule has 0 fully saturated rings. The van der Waals surface area contributed by atoms with Crippen molar-refractivity contribution in [2.75, 3.05) is 5.32 Å². The van der Waals surface area contributed by atoms with Crippen LogP contribution < -0.4 is 16.5 Å². The normalized spacial score (nSPS) is 12.2. The van der Waals surface area contributed by atoms with Gasteiger partial charge in [-0.2, -0.15) is 10.2 Å². The third-order valence-electron chi connectivity index (χ3n) is 5.81. The second kappa shape index (κ2) is 8.43. The van der Waals surface area contributed by atoms with Gasteiger partial charge in [0, 0.05) is 48.7 Å². The summed E-state index contributed by atoms with van der Waals surface area (Å²) in [5, 5.41) is 20.1. The molecule has 0 aliphatic carbocycles. The lowest BCUT2D eigenvalue weighted by Crippen LogP contribution is -2.30. The first-order chi connectivity index (χ1) is 16.5. The molecule has 0 radical (unpaired) electrons. The average Bonchev–Trinajstić information content (AvgIpc) is 3.43. The summed E-state index contributed by atoms with van der Waals surface area (Å²) in [6, 6.07) is 14.0. The number of benzene rings is 2. The molecule has 0 atom stereocenters. The quantitative estimate of drug-likeness (QED) is 0.340. The highest BCUT2D eigenvalue weighted by molar-refractivity contribution is 6.11. The number of hydrogen-bond donors (Lipinski definition) is 3. The molecule has 5 N–H and O–H groups in total. The molecule has 9 nitrogen and oxygen atoms in total. The molecule has 0 amide bonds. The van der Waals surface area contributed by atoms with Crippen LogP contribution in [0.3, 0.4) is 0 Å². The van der Waals surface area contributed by atoms with Crippen molar-refractivity contribution in [3.8, 4) is 11.3 Å². The van der Waals surface area contributed by atoms with E-state index in [1.165, 1.54) is 6.21 Å². The summed E-state index contributed by atoms with van der Waals surface area (Å²) < 4.78 is 3.73. The number of nitrogens with zero attached hydrogens (tertiary/aromatic N) is 6. The standard InChI is InChI=1S/C25H25N9/c1-4-34-12-11-21(32-34)29-25-28-14-18-9-10-20-22(23(18)30-25)24(33(3)31-20)17-7-5-16(6-8-17)19(13-26)15(2)27/h5-14,26H,4,27H2,1-3H3,(H,28,29,30,32)/p+1. The fraction of sp³-hybridized carbons (Fsp3) is 0.160. The van der Waals surface area contributed by atoms with Gasteiger partial charge in [-0.1, -0.05) is 24.3 Å². The fourth-order valence-corrected chi connectivity index (χ4v) is 4.15. The molecule has 0 unspecified atom stereocenters. The van der Waals surface area contributed by atoms with Gasteiger partial charge in [-0.15, -0.1) is 0 Å². The van der Waals surface area contributed by atoms with E-state index >= 15 is 0 Å². The zero-order valence-electron chi connectivity index (χ0n) is 19.3. The van der Waals surface area contributed by atoms with Gasteiger partial charge in [-0.3, -0.25) is 14.8 Å². The van der Waals surface area contributed by atoms with E-state index in [9.17, 15) is 0 Å². The van der Waals surface area contributed by atoms with Gasteiger partial charge in [0.05, 0.1) is 27.7 Å². The molecular weight excluding hydrogens is 426 g/mol. The maximum absolute atomic E-state index is 5.98. The first-order valence-electron chi connectivity index (χ1n) is 11.0. The number of allylic oxidation sites excluding steroid dienone is 2. The Morgan fingerprint density at radius 2 is 1.91 bits per heavy atom. The lowest BCUT2D eigenvalue weighted by molar-refractivity contribution is -0.103. The molecule has 9 heteroatoms. The molecule has 3 aromatic heterocycles. The van der Waals surface area contributed by atoms with E-state index in [0.717, 1.165) is 50.7 Å². The van der Waals surface area contributed by atoms with E-state index in [1.807, 2.05) is 73.0 Å². The first-order valence-corrected chi connectivity index (χ1v) is 11.0. The summed E-state index contributed by atoms with van der Waals surface area (Å²) in [6.07, 6.45) is 5.27. The molecule has 3 heterocycles. The molecule has 5 aromatic rings. The van der Waals surface area contributed by atoms with Crippen molar-refractivity contribution in [3.63, 3.8) is 0 Å². The Hall–Kier alpha value is -4.53. The molecule has 0 aliphatic heterocycles. The number of aromatic nitrogens is 6. The van der Waals surface area contributed by atoms with Crippen LogP contribution in [0, 0.1) is 0 Å². The van der Waals surface area contributed by atoms with Gasteiger partial charge in [0.15, 0.2) is 12.0 Å². The predicted molar refractivity (Wildman–Crippen MR) is 135 cm³/mol. The van der Waals surface area contributed by atoms with Gasteiger partial charge in [0.2, 0.25) is 5.95 Å². The van der Waals surface area contributed by atoms with E-state index in [2.05, 4.69) is 27.5 Å². The van der Waals surface area contributed by atoms with Crippen LogP contribution in [0.25, 0.3) is 38.6 Å². The summed E-state index contributed by atoms with van der Waals surface area (Å²) in [5.41, 5.74) is 12.1. The maximum atomic E-state index is 5.98. The van der Waals surface area contributed by atoms with Gasteiger partial charge < -0.3 is 11.1 Å². The Morgan fingerprint density at radius 3 is 2.59 bits per heavy atom. The second-order valence-electron chi connectivity index (χ2n) is 8.09. The van der Waals surface area contributed by atoms with E-state index < -0.39 is 0 Å². The van der Waals surface area contributed by atoms with Gasteiger partial charge in [0.25, 0.3) is 0 Å². The number of nitrogens with two attached hydrogens (primary N) is 2. The number of fused-ring (bicyclic) bond motifs is 3. The summed E-state index contributed by atoms with van der Waals surface area (Å²) >= 11 is 0. The average molecular weight is 453 g/mol. The van der Waals surface area contributed by atoms with Crippen LogP contribution in [0.5, 0.6) is 0 Å². The van der Waals surface area contributed by atoms with Crippen LogP contribution in [0.15, 0.2) is 60.6 Å². The zero-order chi connectivity index (χ0) is 23.8. The third kappa shape index (κ3) is 3.66. The minimum absolute atomic E-state index is 0.484. The van der Waals surface area contributed by atoms with Crippen molar-refractivity contribution < 1.29 is 5.41 Å². The molecule has 0 saturated carbocycles. The van der Waals surface area contributed by atoms with E-state index in [-0.39, 0.29) is 0 Å². The lowest BCUT2D eigenvalue weighted by atomic mass is 10.0. The Balaban J connectivity index is 1.63. The summed E-state index contributed by atoms with van der Waals surface area (Å²) in [7, 11) is 1.94. The van der Waals surface area contributed by atoms with Gasteiger partial charge in [-0.25, -0.2) is 9.97 Å². The molecule has 5 rings (SSSR count). The molecule has 2 aromatic carbocycles. The predicted octanol–water partition coefficient (Wildman–Crippen LogP) is 2.66. The SMILES string of the molecule is CCn1ccc(Nc2ncc3ccc4nn(C)c(-c5ccc(C(C=[NH2+])=C(C)N)cc5)c4c3n2)n1. The summed E-state index contributed by atoms with van der Waals surface area (Å²) in [6.45, 7) is 4.68. The van der Waals surface area contributed by atoms with Gasteiger partial charge in [-0.05, 0) is 31.5 Å². The highest BCUT2D eigenvalue weighted by Gasteiger charge is 2.17. The molecule has 0 bridgehead atoms. The van der Waals surface area contributed by atoms with Crippen LogP contribution in [0.1, 0.15) is 19.4 Å². The molecule has 0 spiro atoms. The number of nitrogens with one attached hydrogen (secondary N) is 1. The topological polar surface area (TPSA) is 125 Å². The maximum Gasteiger partial charge on any atom is 0.228 e. The number of rotatable bonds is 6. The molecule has 170 valence electrons. The largest absolute Gasteiger partial charge is 0.402 e. The van der Waals surface area contributed by atoms with E-state index in [0.29, 0.717) is 17.5 Å². The van der Waals surface area contributed by atoms with E-state index in [1.54, 1.807) is 0 Å². The number of aryl methyl sites for hydroxylation is 2.